The number of fused-ring (bicyclic) bond motifs is 2. The van der Waals surface area contributed by atoms with E-state index in [-0.39, 0.29) is 0 Å². The molecule has 0 aliphatic carbocycles. The van der Waals surface area contributed by atoms with E-state index >= 15 is 0 Å². The number of hydrogen-bond donors (Lipinski definition) is 1. The number of rotatable bonds is 2. The molecule has 0 radical (unpaired) electrons. The first-order valence-electron chi connectivity index (χ1n) is 7.88. The van der Waals surface area contributed by atoms with E-state index in [1.54, 1.807) is 42.5 Å². The van der Waals surface area contributed by atoms with E-state index in [1.165, 1.54) is 0 Å². The lowest BCUT2D eigenvalue weighted by Gasteiger charge is -2.28. The van der Waals surface area contributed by atoms with E-state index < -0.39 is 30.1 Å². The van der Waals surface area contributed by atoms with Crippen LogP contribution in [0.25, 0.3) is 0 Å². The molecule has 1 amide bonds. The molecule has 0 saturated carbocycles. The van der Waals surface area contributed by atoms with E-state index in [9.17, 15) is 18.0 Å². The fourth-order valence-corrected chi connectivity index (χ4v) is 2.94. The second-order valence-corrected chi connectivity index (χ2v) is 6.15. The quantitative estimate of drug-likeness (QED) is 0.578. The Labute approximate surface area is 160 Å². The van der Waals surface area contributed by atoms with E-state index in [2.05, 4.69) is 9.40 Å². The van der Waals surface area contributed by atoms with E-state index in [0.29, 0.717) is 33.9 Å². The van der Waals surface area contributed by atoms with Crippen molar-refractivity contribution in [3.63, 3.8) is 0 Å². The van der Waals surface area contributed by atoms with Gasteiger partial charge in [0, 0.05) is 11.1 Å². The van der Waals surface area contributed by atoms with E-state index in [4.69, 9.17) is 21.1 Å². The van der Waals surface area contributed by atoms with Gasteiger partial charge in [-0.1, -0.05) is 41.9 Å². The molecule has 1 N–H and O–H groups in total. The second kappa shape index (κ2) is 6.75. The van der Waals surface area contributed by atoms with Gasteiger partial charge in [-0.3, -0.25) is 0 Å². The lowest BCUT2D eigenvalue weighted by molar-refractivity contribution is -0.141. The van der Waals surface area contributed by atoms with Gasteiger partial charge in [0.1, 0.15) is 12.0 Å². The zero-order valence-electron chi connectivity index (χ0n) is 13.8. The average molecular weight is 411 g/mol. The van der Waals surface area contributed by atoms with Crippen LogP contribution in [0.5, 0.6) is 11.5 Å². The smallest absolute Gasteiger partial charge is 0.436 e. The number of hydrogen-bond acceptors (Lipinski definition) is 5. The van der Waals surface area contributed by atoms with Crippen molar-refractivity contribution < 1.29 is 31.9 Å². The first kappa shape index (κ1) is 18.2. The van der Waals surface area contributed by atoms with Crippen molar-refractivity contribution in [3.05, 3.63) is 70.6 Å². The molecule has 3 aromatic rings. The van der Waals surface area contributed by atoms with Crippen molar-refractivity contribution in [1.29, 1.82) is 0 Å². The number of carbonyl (C=O) groups is 1. The SMILES string of the molecule is O=C(Nc1nc(C(F)(F)F)co1)OC1c2ccccc2Oc2c(Cl)cccc21. The van der Waals surface area contributed by atoms with Crippen LogP contribution in [0.1, 0.15) is 22.9 Å². The van der Waals surface area contributed by atoms with Crippen molar-refractivity contribution in [3.8, 4) is 11.5 Å². The summed E-state index contributed by atoms with van der Waals surface area (Å²) >= 11 is 6.17. The zero-order valence-corrected chi connectivity index (χ0v) is 14.5. The molecule has 1 aromatic heterocycles. The third kappa shape index (κ3) is 3.36. The maximum atomic E-state index is 12.6. The molecule has 0 bridgehead atoms. The number of alkyl halides is 3. The van der Waals surface area contributed by atoms with Crippen LogP contribution in [0.15, 0.2) is 53.1 Å². The minimum absolute atomic E-state index is 0.323. The van der Waals surface area contributed by atoms with Crippen LogP contribution in [-0.2, 0) is 10.9 Å². The van der Waals surface area contributed by atoms with Crippen LogP contribution in [0.3, 0.4) is 0 Å². The van der Waals surface area contributed by atoms with Gasteiger partial charge in [0.15, 0.2) is 17.5 Å². The summed E-state index contributed by atoms with van der Waals surface area (Å²) < 4.78 is 53.6. The molecule has 1 aliphatic heterocycles. The van der Waals surface area contributed by atoms with Crippen molar-refractivity contribution in [2.24, 2.45) is 0 Å². The summed E-state index contributed by atoms with van der Waals surface area (Å²) in [5, 5.41) is 2.37. The monoisotopic (exact) mass is 410 g/mol. The van der Waals surface area contributed by atoms with Crippen LogP contribution >= 0.6 is 11.6 Å². The lowest BCUT2D eigenvalue weighted by atomic mass is 9.97. The molecule has 1 aliphatic rings. The number of carbonyl (C=O) groups excluding carboxylic acids is 1. The number of nitrogens with zero attached hydrogens (tertiary/aromatic N) is 1. The fourth-order valence-electron chi connectivity index (χ4n) is 2.72. The number of halogens is 4. The third-order valence-corrected chi connectivity index (χ3v) is 4.22. The highest BCUT2D eigenvalue weighted by atomic mass is 35.5. The summed E-state index contributed by atoms with van der Waals surface area (Å²) in [5.41, 5.74) is -0.225. The number of benzene rings is 2. The molecule has 4 rings (SSSR count). The summed E-state index contributed by atoms with van der Waals surface area (Å²) in [4.78, 5) is 15.4. The summed E-state index contributed by atoms with van der Waals surface area (Å²) in [6.45, 7) is 0. The highest BCUT2D eigenvalue weighted by Crippen LogP contribution is 2.47. The Kier molecular flexibility index (Phi) is 4.38. The maximum Gasteiger partial charge on any atom is 0.436 e. The predicted octanol–water partition coefficient (Wildman–Crippen LogP) is 5.79. The molecule has 2 aromatic carbocycles. The van der Waals surface area contributed by atoms with Crippen LogP contribution in [0.4, 0.5) is 24.0 Å². The number of ether oxygens (including phenoxy) is 2. The van der Waals surface area contributed by atoms with Gasteiger partial charge in [-0.2, -0.15) is 18.2 Å². The highest BCUT2D eigenvalue weighted by Gasteiger charge is 2.36. The molecule has 1 unspecified atom stereocenters. The molecule has 2 heterocycles. The van der Waals surface area contributed by atoms with E-state index in [1.807, 2.05) is 5.32 Å². The fraction of sp³-hybridized carbons (Fsp3) is 0.111. The van der Waals surface area contributed by atoms with Crippen LogP contribution in [-0.4, -0.2) is 11.1 Å². The minimum atomic E-state index is -4.69. The molecule has 28 heavy (non-hydrogen) atoms. The van der Waals surface area contributed by atoms with Gasteiger partial charge in [-0.05, 0) is 12.1 Å². The molecular formula is C18H10ClF3N2O4. The second-order valence-electron chi connectivity index (χ2n) is 5.74. The Morgan fingerprint density at radius 1 is 1.14 bits per heavy atom. The van der Waals surface area contributed by atoms with Gasteiger partial charge in [-0.25, -0.2) is 10.1 Å². The number of oxazole rings is 1. The molecule has 1 atom stereocenters. The number of aromatic nitrogens is 1. The molecular weight excluding hydrogens is 401 g/mol. The Hall–Kier alpha value is -3.20. The first-order valence-corrected chi connectivity index (χ1v) is 8.26. The molecule has 0 saturated heterocycles. The van der Waals surface area contributed by atoms with Crippen LogP contribution in [0, 0.1) is 0 Å². The normalized spacial score (nSPS) is 15.2. The number of nitrogens with one attached hydrogen (secondary N) is 1. The van der Waals surface area contributed by atoms with Gasteiger partial charge in [-0.15, -0.1) is 0 Å². The largest absolute Gasteiger partial charge is 0.455 e. The molecule has 144 valence electrons. The molecule has 0 spiro atoms. The predicted molar refractivity (Wildman–Crippen MR) is 91.4 cm³/mol. The van der Waals surface area contributed by atoms with Crippen molar-refractivity contribution in [1.82, 2.24) is 4.98 Å². The first-order chi connectivity index (χ1) is 13.3. The van der Waals surface area contributed by atoms with Gasteiger partial charge in [0.05, 0.1) is 5.02 Å². The molecule has 10 heteroatoms. The van der Waals surface area contributed by atoms with Crippen molar-refractivity contribution in [2.75, 3.05) is 5.32 Å². The Bertz CT molecular complexity index is 1050. The maximum absolute atomic E-state index is 12.6. The molecule has 0 fully saturated rings. The van der Waals surface area contributed by atoms with Gasteiger partial charge in [0.2, 0.25) is 0 Å². The van der Waals surface area contributed by atoms with Crippen LogP contribution < -0.4 is 10.1 Å². The number of anilines is 1. The lowest BCUT2D eigenvalue weighted by Crippen LogP contribution is -2.21. The minimum Gasteiger partial charge on any atom is -0.455 e. The van der Waals surface area contributed by atoms with Gasteiger partial charge >= 0.3 is 18.3 Å². The third-order valence-electron chi connectivity index (χ3n) is 3.92. The number of para-hydroxylation sites is 2. The standard InChI is InChI=1S/C18H10ClF3N2O4/c19-11-6-3-5-10-14(9-4-1-2-7-12(9)27-15(10)11)28-17(25)24-16-23-13(8-26-16)18(20,21)22/h1-8,14H,(H,23,24,25). The molecule has 6 nitrogen and oxygen atoms in total. The zero-order chi connectivity index (χ0) is 19.9. The Morgan fingerprint density at radius 3 is 2.64 bits per heavy atom. The van der Waals surface area contributed by atoms with Gasteiger partial charge in [0.25, 0.3) is 0 Å². The Balaban J connectivity index is 1.60. The van der Waals surface area contributed by atoms with Gasteiger partial charge < -0.3 is 13.9 Å². The van der Waals surface area contributed by atoms with E-state index in [0.717, 1.165) is 0 Å². The summed E-state index contributed by atoms with van der Waals surface area (Å²) in [6, 6.07) is 11.2. The van der Waals surface area contributed by atoms with Crippen LogP contribution in [0.2, 0.25) is 5.02 Å². The average Bonchev–Trinajstić information content (AvgIpc) is 3.11. The number of amides is 1. The summed E-state index contributed by atoms with van der Waals surface area (Å²) in [5.74, 6) is 0.771. The van der Waals surface area contributed by atoms with Crippen molar-refractivity contribution >= 4 is 23.7 Å². The summed E-state index contributed by atoms with van der Waals surface area (Å²) in [6.07, 6.45) is -6.24. The topological polar surface area (TPSA) is 73.6 Å². The highest BCUT2D eigenvalue weighted by molar-refractivity contribution is 6.32. The van der Waals surface area contributed by atoms with Crippen molar-refractivity contribution in [2.45, 2.75) is 12.3 Å². The Morgan fingerprint density at radius 2 is 1.89 bits per heavy atom. The summed E-state index contributed by atoms with van der Waals surface area (Å²) in [7, 11) is 0.